The van der Waals surface area contributed by atoms with Crippen LogP contribution in [0.2, 0.25) is 5.02 Å². The first-order valence-electron chi connectivity index (χ1n) is 6.24. The number of carbonyl (C=O) groups excluding carboxylic acids is 1. The Morgan fingerprint density at radius 1 is 1.19 bits per heavy atom. The molecule has 2 rings (SSSR count). The largest absolute Gasteiger partial charge is 0.389 e. The molecule has 4 N–H and O–H groups in total. The molecule has 0 aliphatic rings. The molecule has 0 radical (unpaired) electrons. The van der Waals surface area contributed by atoms with Crippen LogP contribution in [0.15, 0.2) is 48.5 Å². The second-order valence-electron chi connectivity index (χ2n) is 4.35. The number of hydrogen-bond donors (Lipinski definition) is 3. The maximum absolute atomic E-state index is 11.9. The van der Waals surface area contributed by atoms with E-state index >= 15 is 0 Å². The van der Waals surface area contributed by atoms with Crippen molar-refractivity contribution < 1.29 is 4.79 Å². The molecular weight excluding hydrogens is 306 g/mol. The Kier molecular flexibility index (Phi) is 5.14. The average molecular weight is 320 g/mol. The number of carbonyl (C=O) groups is 1. The highest BCUT2D eigenvalue weighted by atomic mass is 35.5. The SMILES string of the molecule is NC(=S)c1ccc(Cl)c(NC(=O)NCc2ccccc2)c1. The molecule has 0 bridgehead atoms. The molecule has 108 valence electrons. The van der Waals surface area contributed by atoms with Crippen LogP contribution >= 0.6 is 23.8 Å². The Labute approximate surface area is 133 Å². The molecule has 0 saturated heterocycles. The molecule has 0 saturated carbocycles. The lowest BCUT2D eigenvalue weighted by Gasteiger charge is -2.10. The van der Waals surface area contributed by atoms with E-state index in [-0.39, 0.29) is 11.0 Å². The van der Waals surface area contributed by atoms with Gasteiger partial charge in [-0.3, -0.25) is 0 Å². The second kappa shape index (κ2) is 7.06. The van der Waals surface area contributed by atoms with Gasteiger partial charge in [0, 0.05) is 12.1 Å². The number of rotatable bonds is 4. The van der Waals surface area contributed by atoms with Gasteiger partial charge in [-0.1, -0.05) is 60.2 Å². The van der Waals surface area contributed by atoms with Crippen LogP contribution in [-0.4, -0.2) is 11.0 Å². The molecule has 0 aliphatic carbocycles. The number of nitrogens with two attached hydrogens (primary N) is 1. The lowest BCUT2D eigenvalue weighted by molar-refractivity contribution is 0.251. The van der Waals surface area contributed by atoms with Crippen LogP contribution in [0.4, 0.5) is 10.5 Å². The van der Waals surface area contributed by atoms with Crippen molar-refractivity contribution in [3.05, 3.63) is 64.7 Å². The number of nitrogens with one attached hydrogen (secondary N) is 2. The van der Waals surface area contributed by atoms with Gasteiger partial charge in [-0.2, -0.15) is 0 Å². The van der Waals surface area contributed by atoms with Gasteiger partial charge in [-0.15, -0.1) is 0 Å². The van der Waals surface area contributed by atoms with Crippen molar-refractivity contribution >= 4 is 40.5 Å². The van der Waals surface area contributed by atoms with Gasteiger partial charge in [-0.25, -0.2) is 4.79 Å². The number of thiocarbonyl (C=S) groups is 1. The number of halogens is 1. The van der Waals surface area contributed by atoms with Gasteiger partial charge in [0.25, 0.3) is 0 Å². The first-order chi connectivity index (χ1) is 10.1. The minimum absolute atomic E-state index is 0.249. The summed E-state index contributed by atoms with van der Waals surface area (Å²) in [6.45, 7) is 0.430. The zero-order chi connectivity index (χ0) is 15.2. The molecule has 0 unspecified atom stereocenters. The molecule has 21 heavy (non-hydrogen) atoms. The molecule has 6 heteroatoms. The Morgan fingerprint density at radius 3 is 2.57 bits per heavy atom. The zero-order valence-electron chi connectivity index (χ0n) is 11.1. The Hall–Kier alpha value is -2.11. The fraction of sp³-hybridized carbons (Fsp3) is 0.0667. The first-order valence-corrected chi connectivity index (χ1v) is 7.03. The molecule has 4 nitrogen and oxygen atoms in total. The number of anilines is 1. The normalized spacial score (nSPS) is 9.95. The average Bonchev–Trinajstić information content (AvgIpc) is 2.48. The summed E-state index contributed by atoms with van der Waals surface area (Å²) in [5.41, 5.74) is 7.68. The summed E-state index contributed by atoms with van der Waals surface area (Å²) in [4.78, 5) is 12.1. The molecule has 0 spiro atoms. The van der Waals surface area contributed by atoms with Crippen LogP contribution in [0, 0.1) is 0 Å². The van der Waals surface area contributed by atoms with Gasteiger partial charge in [0.1, 0.15) is 4.99 Å². The lowest BCUT2D eigenvalue weighted by atomic mass is 10.2. The van der Waals surface area contributed by atoms with E-state index in [9.17, 15) is 4.79 Å². The molecule has 0 aliphatic heterocycles. The van der Waals surface area contributed by atoms with Crippen molar-refractivity contribution in [3.63, 3.8) is 0 Å². The van der Waals surface area contributed by atoms with E-state index < -0.39 is 0 Å². The fourth-order valence-corrected chi connectivity index (χ4v) is 2.01. The predicted octanol–water partition coefficient (Wildman–Crippen LogP) is 3.30. The van der Waals surface area contributed by atoms with Crippen molar-refractivity contribution in [2.24, 2.45) is 5.73 Å². The molecular formula is C15H14ClN3OS. The van der Waals surface area contributed by atoms with Crippen LogP contribution in [0.3, 0.4) is 0 Å². The van der Waals surface area contributed by atoms with Crippen LogP contribution in [0.25, 0.3) is 0 Å². The lowest BCUT2D eigenvalue weighted by Crippen LogP contribution is -2.28. The van der Waals surface area contributed by atoms with Crippen LogP contribution in [0.5, 0.6) is 0 Å². The maximum Gasteiger partial charge on any atom is 0.319 e. The molecule has 0 heterocycles. The first kappa shape index (κ1) is 15.3. The van der Waals surface area contributed by atoms with Gasteiger partial charge >= 0.3 is 6.03 Å². The Balaban J connectivity index is 1.99. The van der Waals surface area contributed by atoms with Crippen molar-refractivity contribution in [1.29, 1.82) is 0 Å². The van der Waals surface area contributed by atoms with E-state index in [0.717, 1.165) is 5.56 Å². The summed E-state index contributed by atoms with van der Waals surface area (Å²) in [5, 5.41) is 5.85. The van der Waals surface area contributed by atoms with E-state index in [1.54, 1.807) is 18.2 Å². The third-order valence-corrected chi connectivity index (χ3v) is 3.36. The maximum atomic E-state index is 11.9. The smallest absolute Gasteiger partial charge is 0.319 e. The number of urea groups is 1. The quantitative estimate of drug-likeness (QED) is 0.757. The molecule has 2 aromatic rings. The van der Waals surface area contributed by atoms with Gasteiger partial charge in [0.2, 0.25) is 0 Å². The predicted molar refractivity (Wildman–Crippen MR) is 89.6 cm³/mol. The van der Waals surface area contributed by atoms with Gasteiger partial charge < -0.3 is 16.4 Å². The molecule has 0 fully saturated rings. The van der Waals surface area contributed by atoms with E-state index in [0.29, 0.717) is 22.8 Å². The summed E-state index contributed by atoms with van der Waals surface area (Å²) >= 11 is 10.9. The topological polar surface area (TPSA) is 67.1 Å². The fourth-order valence-electron chi connectivity index (χ4n) is 1.72. The summed E-state index contributed by atoms with van der Waals surface area (Å²) in [6.07, 6.45) is 0. The van der Waals surface area contributed by atoms with Crippen molar-refractivity contribution in [1.82, 2.24) is 5.32 Å². The van der Waals surface area contributed by atoms with Crippen LogP contribution < -0.4 is 16.4 Å². The third kappa shape index (κ3) is 4.44. The summed E-state index contributed by atoms with van der Waals surface area (Å²) in [5.74, 6) is 0. The Bertz CT molecular complexity index is 661. The van der Waals surface area contributed by atoms with Gasteiger partial charge in [-0.05, 0) is 17.7 Å². The zero-order valence-corrected chi connectivity index (χ0v) is 12.7. The van der Waals surface area contributed by atoms with Gasteiger partial charge in [0.15, 0.2) is 0 Å². The number of amides is 2. The van der Waals surface area contributed by atoms with Crippen molar-refractivity contribution in [3.8, 4) is 0 Å². The monoisotopic (exact) mass is 319 g/mol. The summed E-state index contributed by atoms with van der Waals surface area (Å²) in [6, 6.07) is 14.3. The van der Waals surface area contributed by atoms with Crippen LogP contribution in [-0.2, 0) is 6.54 Å². The molecule has 2 amide bonds. The van der Waals surface area contributed by atoms with E-state index in [4.69, 9.17) is 29.6 Å². The number of benzene rings is 2. The third-order valence-electron chi connectivity index (χ3n) is 2.79. The number of hydrogen-bond acceptors (Lipinski definition) is 2. The highest BCUT2D eigenvalue weighted by Crippen LogP contribution is 2.23. The van der Waals surface area contributed by atoms with Crippen LogP contribution in [0.1, 0.15) is 11.1 Å². The van der Waals surface area contributed by atoms with E-state index in [2.05, 4.69) is 10.6 Å². The minimum Gasteiger partial charge on any atom is -0.389 e. The summed E-state index contributed by atoms with van der Waals surface area (Å²) in [7, 11) is 0. The highest BCUT2D eigenvalue weighted by molar-refractivity contribution is 7.80. The van der Waals surface area contributed by atoms with Crippen molar-refractivity contribution in [2.45, 2.75) is 6.54 Å². The van der Waals surface area contributed by atoms with E-state index in [1.807, 2.05) is 30.3 Å². The highest BCUT2D eigenvalue weighted by Gasteiger charge is 2.07. The van der Waals surface area contributed by atoms with Gasteiger partial charge in [0.05, 0.1) is 10.7 Å². The molecule has 0 atom stereocenters. The minimum atomic E-state index is -0.346. The Morgan fingerprint density at radius 2 is 1.90 bits per heavy atom. The molecule has 2 aromatic carbocycles. The standard InChI is InChI=1S/C15H14ClN3OS/c16-12-7-6-11(14(17)21)8-13(12)19-15(20)18-9-10-4-2-1-3-5-10/h1-8H,9H2,(H2,17,21)(H2,18,19,20). The summed E-state index contributed by atoms with van der Waals surface area (Å²) < 4.78 is 0. The van der Waals surface area contributed by atoms with E-state index in [1.165, 1.54) is 0 Å². The van der Waals surface area contributed by atoms with Crippen molar-refractivity contribution in [2.75, 3.05) is 5.32 Å². The second-order valence-corrected chi connectivity index (χ2v) is 5.20. The molecule has 0 aromatic heterocycles.